The van der Waals surface area contributed by atoms with Gasteiger partial charge >= 0.3 is 0 Å². The molecule has 4 aliphatic rings. The summed E-state index contributed by atoms with van der Waals surface area (Å²) < 4.78 is 0. The van der Waals surface area contributed by atoms with Gasteiger partial charge in [0, 0.05) is 0 Å². The Balaban J connectivity index is 1.66. The van der Waals surface area contributed by atoms with Crippen LogP contribution in [0.1, 0.15) is 91.9 Å². The minimum Gasteiger partial charge on any atom is -0.0594 e. The van der Waals surface area contributed by atoms with Crippen molar-refractivity contribution in [3.05, 3.63) is 0 Å². The molecule has 21 heavy (non-hydrogen) atoms. The Bertz CT molecular complexity index is 422. The third-order valence-corrected chi connectivity index (χ3v) is 9.60. The molecule has 0 nitrogen and oxygen atoms in total. The van der Waals surface area contributed by atoms with E-state index in [4.69, 9.17) is 0 Å². The van der Waals surface area contributed by atoms with Crippen LogP contribution in [-0.2, 0) is 0 Å². The number of fused-ring (bicyclic) bond motifs is 5. The van der Waals surface area contributed by atoms with Crippen molar-refractivity contribution in [3.8, 4) is 0 Å². The lowest BCUT2D eigenvalue weighted by molar-refractivity contribution is -0.120. The first-order valence-corrected chi connectivity index (χ1v) is 9.88. The minimum atomic E-state index is 0.590. The maximum absolute atomic E-state index is 2.70. The molecule has 4 saturated carbocycles. The van der Waals surface area contributed by atoms with E-state index in [1.165, 1.54) is 32.1 Å². The number of hydrogen-bond acceptors (Lipinski definition) is 0. The zero-order valence-electron chi connectivity index (χ0n) is 14.9. The van der Waals surface area contributed by atoms with Crippen molar-refractivity contribution < 1.29 is 0 Å². The van der Waals surface area contributed by atoms with Crippen LogP contribution in [0.25, 0.3) is 0 Å². The van der Waals surface area contributed by atoms with Gasteiger partial charge < -0.3 is 0 Å². The lowest BCUT2D eigenvalue weighted by Crippen LogP contribution is -2.53. The smallest absolute Gasteiger partial charge is 0.0243 e. The van der Waals surface area contributed by atoms with Crippen LogP contribution < -0.4 is 0 Å². The van der Waals surface area contributed by atoms with Gasteiger partial charge in [0.1, 0.15) is 0 Å². The van der Waals surface area contributed by atoms with Crippen LogP contribution in [-0.4, -0.2) is 0 Å². The van der Waals surface area contributed by atoms with E-state index in [-0.39, 0.29) is 0 Å². The summed E-state index contributed by atoms with van der Waals surface area (Å²) in [6, 6.07) is 0. The van der Waals surface area contributed by atoms with Crippen molar-refractivity contribution in [2.45, 2.75) is 91.9 Å². The van der Waals surface area contributed by atoms with Gasteiger partial charge in [0.2, 0.25) is 0 Å². The molecule has 4 rings (SSSR count). The van der Waals surface area contributed by atoms with E-state index in [2.05, 4.69) is 27.7 Å². The third-order valence-electron chi connectivity index (χ3n) is 9.60. The summed E-state index contributed by atoms with van der Waals surface area (Å²) in [7, 11) is 0. The molecule has 0 N–H and O–H groups in total. The first kappa shape index (κ1) is 14.6. The van der Waals surface area contributed by atoms with Crippen molar-refractivity contribution >= 4 is 0 Å². The largest absolute Gasteiger partial charge is 0.0594 e. The molecule has 0 aliphatic heterocycles. The van der Waals surface area contributed by atoms with Crippen molar-refractivity contribution in [3.63, 3.8) is 0 Å². The van der Waals surface area contributed by atoms with Crippen molar-refractivity contribution in [2.75, 3.05) is 0 Å². The second-order valence-corrected chi connectivity index (χ2v) is 10.3. The lowest BCUT2D eigenvalue weighted by atomic mass is 9.44. The van der Waals surface area contributed by atoms with Crippen molar-refractivity contribution in [2.24, 2.45) is 39.9 Å². The molecule has 0 amide bonds. The fraction of sp³-hybridized carbons (Fsp3) is 1.00. The molecule has 0 spiro atoms. The minimum absolute atomic E-state index is 0.590. The topological polar surface area (TPSA) is 0 Å². The molecule has 0 heterocycles. The van der Waals surface area contributed by atoms with Crippen LogP contribution >= 0.6 is 0 Å². The summed E-state index contributed by atoms with van der Waals surface area (Å²) in [6.45, 7) is 10.5. The third kappa shape index (κ3) is 1.80. The zero-order valence-corrected chi connectivity index (χ0v) is 14.9. The second-order valence-electron chi connectivity index (χ2n) is 10.3. The maximum Gasteiger partial charge on any atom is -0.0243 e. The van der Waals surface area contributed by atoms with Crippen molar-refractivity contribution in [1.82, 2.24) is 0 Å². The van der Waals surface area contributed by atoms with Crippen molar-refractivity contribution in [1.29, 1.82) is 0 Å². The van der Waals surface area contributed by atoms with Gasteiger partial charge in [0.25, 0.3) is 0 Å². The molecule has 4 unspecified atom stereocenters. The first-order valence-electron chi connectivity index (χ1n) is 9.88. The molecule has 0 bridgehead atoms. The highest BCUT2D eigenvalue weighted by Gasteiger charge is 2.61. The van der Waals surface area contributed by atoms with E-state index in [1.807, 2.05) is 0 Å². The highest BCUT2D eigenvalue weighted by Crippen LogP contribution is 2.70. The normalized spacial score (nSPS) is 55.4. The van der Waals surface area contributed by atoms with E-state index in [1.54, 1.807) is 32.1 Å². The molecule has 4 fully saturated rings. The van der Waals surface area contributed by atoms with Gasteiger partial charge in [0.05, 0.1) is 0 Å². The fourth-order valence-corrected chi connectivity index (χ4v) is 7.79. The highest BCUT2D eigenvalue weighted by molar-refractivity contribution is 5.10. The molecule has 0 aromatic rings. The average Bonchev–Trinajstić information content (AvgIpc) is 2.69. The molecular weight excluding hydrogens is 252 g/mol. The van der Waals surface area contributed by atoms with Gasteiger partial charge in [-0.1, -0.05) is 40.5 Å². The van der Waals surface area contributed by atoms with Crippen LogP contribution in [0.2, 0.25) is 0 Å². The highest BCUT2D eigenvalue weighted by atomic mass is 14.7. The molecule has 0 saturated heterocycles. The second kappa shape index (κ2) is 4.51. The first-order chi connectivity index (χ1) is 9.88. The van der Waals surface area contributed by atoms with Crippen LogP contribution in [0.3, 0.4) is 0 Å². The predicted molar refractivity (Wildman–Crippen MR) is 90.1 cm³/mol. The Morgan fingerprint density at radius 2 is 1.43 bits per heavy atom. The summed E-state index contributed by atoms with van der Waals surface area (Å²) in [5.74, 6) is 4.27. The van der Waals surface area contributed by atoms with Crippen LogP contribution in [0.5, 0.6) is 0 Å². The van der Waals surface area contributed by atoms with Gasteiger partial charge in [-0.25, -0.2) is 0 Å². The molecule has 6 atom stereocenters. The van der Waals surface area contributed by atoms with Gasteiger partial charge in [0.15, 0.2) is 0 Å². The molecule has 0 aromatic heterocycles. The Morgan fingerprint density at radius 3 is 2.24 bits per heavy atom. The molecule has 120 valence electrons. The predicted octanol–water partition coefficient (Wildman–Crippen LogP) is 6.45. The average molecular weight is 289 g/mol. The monoisotopic (exact) mass is 288 g/mol. The Hall–Kier alpha value is 0. The van der Waals surface area contributed by atoms with E-state index < -0.39 is 0 Å². The van der Waals surface area contributed by atoms with E-state index in [0.717, 1.165) is 29.1 Å². The molecule has 4 aliphatic carbocycles. The Morgan fingerprint density at radius 1 is 0.667 bits per heavy atom. The van der Waals surface area contributed by atoms with Gasteiger partial charge in [-0.05, 0) is 91.3 Å². The molecule has 0 heteroatoms. The van der Waals surface area contributed by atoms with E-state index in [0.29, 0.717) is 10.8 Å². The van der Waals surface area contributed by atoms with Crippen LogP contribution in [0, 0.1) is 39.9 Å². The molecule has 0 radical (unpaired) electrons. The summed E-state index contributed by atoms with van der Waals surface area (Å²) in [5.41, 5.74) is 1.95. The van der Waals surface area contributed by atoms with Gasteiger partial charge in [-0.2, -0.15) is 0 Å². The van der Waals surface area contributed by atoms with E-state index >= 15 is 0 Å². The SMILES string of the molecule is CC1(C)CCC2C3CCC4CCCC[C@]4(C)C3CC[C@@]21C. The molecule has 0 aromatic carbocycles. The summed E-state index contributed by atoms with van der Waals surface area (Å²) in [5, 5.41) is 0. The summed E-state index contributed by atoms with van der Waals surface area (Å²) in [4.78, 5) is 0. The Kier molecular flexibility index (Phi) is 3.13. The Labute approximate surface area is 132 Å². The lowest BCUT2D eigenvalue weighted by Gasteiger charge is -2.61. The van der Waals surface area contributed by atoms with Crippen LogP contribution in [0.15, 0.2) is 0 Å². The standard InChI is InChI=1S/C21H36/c1-19(2)13-10-18-16-9-8-15-7-5-6-12-20(15,3)17(16)11-14-21(18,19)4/h15-18H,5-14H2,1-4H3/t15?,16?,17?,18?,20-,21-/m0/s1. The zero-order chi connectivity index (χ0) is 14.9. The summed E-state index contributed by atoms with van der Waals surface area (Å²) in [6.07, 6.45) is 15.4. The quantitative estimate of drug-likeness (QED) is 0.481. The van der Waals surface area contributed by atoms with Gasteiger partial charge in [-0.15, -0.1) is 0 Å². The maximum atomic E-state index is 2.70. The van der Waals surface area contributed by atoms with E-state index in [9.17, 15) is 0 Å². The fourth-order valence-electron chi connectivity index (χ4n) is 7.79. The number of hydrogen-bond donors (Lipinski definition) is 0. The summed E-state index contributed by atoms with van der Waals surface area (Å²) >= 11 is 0. The molecular formula is C21H36. The number of rotatable bonds is 0. The van der Waals surface area contributed by atoms with Gasteiger partial charge in [-0.3, -0.25) is 0 Å². The van der Waals surface area contributed by atoms with Crippen LogP contribution in [0.4, 0.5) is 0 Å².